The highest BCUT2D eigenvalue weighted by molar-refractivity contribution is 5.91. The number of aliphatic hydroxyl groups is 1. The molecular weight excluding hydrogens is 309 g/mol. The third kappa shape index (κ3) is 2.29. The second kappa shape index (κ2) is 5.12. The van der Waals surface area contributed by atoms with Crippen molar-refractivity contribution in [3.63, 3.8) is 0 Å². The van der Waals surface area contributed by atoms with Crippen LogP contribution in [0.4, 0.5) is 18.9 Å². The lowest BCUT2D eigenvalue weighted by Crippen LogP contribution is -2.54. The lowest BCUT2D eigenvalue weighted by molar-refractivity contribution is -0.249. The third-order valence-electron chi connectivity index (χ3n) is 4.79. The van der Waals surface area contributed by atoms with E-state index in [2.05, 4.69) is 5.32 Å². The summed E-state index contributed by atoms with van der Waals surface area (Å²) >= 11 is 0. The van der Waals surface area contributed by atoms with E-state index in [9.17, 15) is 23.1 Å². The molecular formula is C16H19F3N2O2. The quantitative estimate of drug-likeness (QED) is 0.897. The Balaban J connectivity index is 2.05. The normalized spacial score (nSPS) is 30.0. The summed E-state index contributed by atoms with van der Waals surface area (Å²) in [6, 6.07) is 7.12. The highest BCUT2D eigenvalue weighted by Gasteiger charge is 2.71. The molecule has 2 heterocycles. The number of carbonyl (C=O) groups is 1. The molecule has 1 saturated heterocycles. The van der Waals surface area contributed by atoms with Gasteiger partial charge in [-0.2, -0.15) is 13.2 Å². The van der Waals surface area contributed by atoms with Crippen molar-refractivity contribution in [2.45, 2.75) is 56.6 Å². The SMILES string of the molecule is CCCCC12CC(O)(C(F)(F)F)C(=O)N1Cc1ccccc1N2. The van der Waals surface area contributed by atoms with Crippen LogP contribution < -0.4 is 5.32 Å². The Morgan fingerprint density at radius 2 is 2.04 bits per heavy atom. The van der Waals surface area contributed by atoms with Crippen molar-refractivity contribution < 1.29 is 23.1 Å². The average molecular weight is 328 g/mol. The maximum atomic E-state index is 13.3. The number of hydrogen-bond acceptors (Lipinski definition) is 3. The van der Waals surface area contributed by atoms with E-state index in [1.807, 2.05) is 6.92 Å². The highest BCUT2D eigenvalue weighted by Crippen LogP contribution is 2.50. The molecule has 2 N–H and O–H groups in total. The molecule has 126 valence electrons. The molecule has 3 rings (SSSR count). The molecule has 0 spiro atoms. The van der Waals surface area contributed by atoms with Crippen LogP contribution in [0.3, 0.4) is 0 Å². The number of para-hydroxylation sites is 1. The van der Waals surface area contributed by atoms with Crippen LogP contribution >= 0.6 is 0 Å². The van der Waals surface area contributed by atoms with Crippen molar-refractivity contribution >= 4 is 11.6 Å². The Labute approximate surface area is 132 Å². The summed E-state index contributed by atoms with van der Waals surface area (Å²) in [6.07, 6.45) is -3.86. The van der Waals surface area contributed by atoms with Crippen molar-refractivity contribution in [1.82, 2.24) is 4.90 Å². The third-order valence-corrected chi connectivity index (χ3v) is 4.79. The molecule has 23 heavy (non-hydrogen) atoms. The van der Waals surface area contributed by atoms with Gasteiger partial charge in [0, 0.05) is 12.1 Å². The maximum Gasteiger partial charge on any atom is 0.426 e. The Kier molecular flexibility index (Phi) is 3.59. The lowest BCUT2D eigenvalue weighted by atomic mass is 9.90. The summed E-state index contributed by atoms with van der Waals surface area (Å²) in [4.78, 5) is 13.6. The number of unbranched alkanes of at least 4 members (excludes halogenated alkanes) is 1. The number of nitrogens with one attached hydrogen (secondary N) is 1. The zero-order valence-electron chi connectivity index (χ0n) is 12.8. The first-order chi connectivity index (χ1) is 10.7. The van der Waals surface area contributed by atoms with Crippen molar-refractivity contribution in [3.8, 4) is 0 Å². The predicted molar refractivity (Wildman–Crippen MR) is 78.5 cm³/mol. The lowest BCUT2D eigenvalue weighted by Gasteiger charge is -2.44. The number of amides is 1. The minimum Gasteiger partial charge on any atom is -0.372 e. The first kappa shape index (κ1) is 16.1. The average Bonchev–Trinajstić information content (AvgIpc) is 2.72. The zero-order valence-corrected chi connectivity index (χ0v) is 12.8. The predicted octanol–water partition coefficient (Wildman–Crippen LogP) is 3.02. The van der Waals surface area contributed by atoms with Crippen molar-refractivity contribution in [2.24, 2.45) is 0 Å². The van der Waals surface area contributed by atoms with Gasteiger partial charge in [0.2, 0.25) is 5.60 Å². The van der Waals surface area contributed by atoms with Crippen LogP contribution in [0.2, 0.25) is 0 Å². The van der Waals surface area contributed by atoms with Gasteiger partial charge in [-0.05, 0) is 24.5 Å². The first-order valence-electron chi connectivity index (χ1n) is 7.71. The number of halogens is 3. The second-order valence-corrected chi connectivity index (χ2v) is 6.34. The minimum atomic E-state index is -4.99. The number of rotatable bonds is 3. The van der Waals surface area contributed by atoms with Crippen LogP contribution in [-0.2, 0) is 11.3 Å². The fourth-order valence-electron chi connectivity index (χ4n) is 3.52. The molecule has 0 saturated carbocycles. The van der Waals surface area contributed by atoms with E-state index in [1.165, 1.54) is 4.90 Å². The second-order valence-electron chi connectivity index (χ2n) is 6.34. The van der Waals surface area contributed by atoms with Crippen LogP contribution in [0.5, 0.6) is 0 Å². The van der Waals surface area contributed by atoms with Gasteiger partial charge in [-0.3, -0.25) is 4.79 Å². The zero-order chi connectivity index (χ0) is 16.9. The number of carbonyl (C=O) groups excluding carboxylic acids is 1. The van der Waals surface area contributed by atoms with Gasteiger partial charge in [-0.1, -0.05) is 31.5 Å². The number of hydrogen-bond donors (Lipinski definition) is 2. The van der Waals surface area contributed by atoms with Crippen LogP contribution in [0.1, 0.15) is 38.2 Å². The molecule has 4 nitrogen and oxygen atoms in total. The van der Waals surface area contributed by atoms with Crippen LogP contribution in [0.25, 0.3) is 0 Å². The maximum absolute atomic E-state index is 13.3. The Morgan fingerprint density at radius 1 is 1.35 bits per heavy atom. The van der Waals surface area contributed by atoms with Crippen molar-refractivity contribution in [1.29, 1.82) is 0 Å². The van der Waals surface area contributed by atoms with E-state index < -0.39 is 29.8 Å². The van der Waals surface area contributed by atoms with Crippen LogP contribution in [0.15, 0.2) is 24.3 Å². The Bertz CT molecular complexity index is 634. The molecule has 2 aliphatic heterocycles. The number of anilines is 1. The first-order valence-corrected chi connectivity index (χ1v) is 7.71. The summed E-state index contributed by atoms with van der Waals surface area (Å²) in [5.74, 6) is -1.26. The fourth-order valence-corrected chi connectivity index (χ4v) is 3.52. The van der Waals surface area contributed by atoms with Gasteiger partial charge < -0.3 is 15.3 Å². The van der Waals surface area contributed by atoms with Crippen molar-refractivity contribution in [3.05, 3.63) is 29.8 Å². The van der Waals surface area contributed by atoms with E-state index in [1.54, 1.807) is 24.3 Å². The van der Waals surface area contributed by atoms with E-state index in [4.69, 9.17) is 0 Å². The molecule has 0 radical (unpaired) electrons. The van der Waals surface area contributed by atoms with Gasteiger partial charge in [-0.15, -0.1) is 0 Å². The van der Waals surface area contributed by atoms with Gasteiger partial charge in [0.25, 0.3) is 5.91 Å². The molecule has 0 aliphatic carbocycles. The molecule has 7 heteroatoms. The van der Waals surface area contributed by atoms with E-state index in [0.717, 1.165) is 17.7 Å². The summed E-state index contributed by atoms with van der Waals surface area (Å²) in [6.45, 7) is 2.01. The minimum absolute atomic E-state index is 0.0735. The standard InChI is InChI=1S/C16H19F3N2O2/c1-2-3-8-14-10-15(23,16(17,18)19)13(22)21(14)9-11-6-4-5-7-12(11)20-14/h4-7,20,23H,2-3,8-10H2,1H3. The molecule has 0 bridgehead atoms. The van der Waals surface area contributed by atoms with Gasteiger partial charge in [0.05, 0.1) is 6.54 Å². The van der Waals surface area contributed by atoms with Gasteiger partial charge in [-0.25, -0.2) is 0 Å². The van der Waals surface area contributed by atoms with Gasteiger partial charge >= 0.3 is 6.18 Å². The monoisotopic (exact) mass is 328 g/mol. The van der Waals surface area contributed by atoms with Gasteiger partial charge in [0.15, 0.2) is 0 Å². The molecule has 1 fully saturated rings. The Hall–Kier alpha value is -1.76. The largest absolute Gasteiger partial charge is 0.426 e. The topological polar surface area (TPSA) is 52.6 Å². The number of benzene rings is 1. The van der Waals surface area contributed by atoms with E-state index >= 15 is 0 Å². The summed E-state index contributed by atoms with van der Waals surface area (Å²) < 4.78 is 40.0. The van der Waals surface area contributed by atoms with E-state index in [-0.39, 0.29) is 6.54 Å². The van der Waals surface area contributed by atoms with Crippen molar-refractivity contribution in [2.75, 3.05) is 5.32 Å². The number of alkyl halides is 3. The summed E-state index contributed by atoms with van der Waals surface area (Å²) in [7, 11) is 0. The van der Waals surface area contributed by atoms with Gasteiger partial charge in [0.1, 0.15) is 5.66 Å². The molecule has 0 aromatic heterocycles. The smallest absolute Gasteiger partial charge is 0.372 e. The molecule has 2 unspecified atom stereocenters. The molecule has 1 amide bonds. The Morgan fingerprint density at radius 3 is 2.70 bits per heavy atom. The highest BCUT2D eigenvalue weighted by atomic mass is 19.4. The fraction of sp³-hybridized carbons (Fsp3) is 0.562. The van der Waals surface area contributed by atoms with Crippen LogP contribution in [0, 0.1) is 0 Å². The summed E-state index contributed by atoms with van der Waals surface area (Å²) in [5.41, 5.74) is -3.04. The summed E-state index contributed by atoms with van der Waals surface area (Å²) in [5, 5.41) is 13.2. The van der Waals surface area contributed by atoms with Crippen LogP contribution in [-0.4, -0.2) is 33.4 Å². The molecule has 1 aromatic rings. The number of fused-ring (bicyclic) bond motifs is 2. The van der Waals surface area contributed by atoms with E-state index in [0.29, 0.717) is 12.8 Å². The molecule has 2 aliphatic rings. The molecule has 1 aromatic carbocycles. The number of nitrogens with zero attached hydrogens (tertiary/aromatic N) is 1. The molecule has 2 atom stereocenters.